The van der Waals surface area contributed by atoms with Gasteiger partial charge in [0, 0.05) is 12.3 Å². The Morgan fingerprint density at radius 2 is 1.81 bits per heavy atom. The van der Waals surface area contributed by atoms with E-state index >= 15 is 0 Å². The molecule has 0 N–H and O–H groups in total. The van der Waals surface area contributed by atoms with E-state index in [0.717, 1.165) is 35.5 Å². The van der Waals surface area contributed by atoms with Gasteiger partial charge >= 0.3 is 0 Å². The van der Waals surface area contributed by atoms with E-state index in [1.54, 1.807) is 24.3 Å². The van der Waals surface area contributed by atoms with Crippen molar-refractivity contribution < 1.29 is 22.4 Å². The molecule has 1 aliphatic rings. The zero-order valence-electron chi connectivity index (χ0n) is 18.0. The van der Waals surface area contributed by atoms with Crippen LogP contribution >= 0.6 is 11.6 Å². The molecule has 3 heterocycles. The van der Waals surface area contributed by atoms with Crippen LogP contribution in [-0.4, -0.2) is 49.8 Å². The third-order valence-corrected chi connectivity index (χ3v) is 7.60. The molecule has 0 atom stereocenters. The first kappa shape index (κ1) is 22.6. The van der Waals surface area contributed by atoms with Gasteiger partial charge in [-0.15, -0.1) is 0 Å². The van der Waals surface area contributed by atoms with Gasteiger partial charge in [-0.05, 0) is 51.1 Å². The highest BCUT2D eigenvalue weighted by Crippen LogP contribution is 2.37. The predicted octanol–water partition coefficient (Wildman–Crippen LogP) is 4.62. The third-order valence-electron chi connectivity index (χ3n) is 5.60. The maximum absolute atomic E-state index is 13.3. The third kappa shape index (κ3) is 4.35. The van der Waals surface area contributed by atoms with E-state index in [0.29, 0.717) is 0 Å². The Morgan fingerprint density at radius 3 is 2.47 bits per heavy atom. The number of ether oxygens (including phenoxy) is 1. The number of aromatic nitrogens is 1. The van der Waals surface area contributed by atoms with Crippen molar-refractivity contribution in [2.45, 2.75) is 31.1 Å². The lowest BCUT2D eigenvalue weighted by molar-refractivity contribution is 0.0885. The molecular weight excluding hydrogens is 452 g/mol. The molecule has 7 nitrogen and oxygen atoms in total. The van der Waals surface area contributed by atoms with Crippen molar-refractivity contribution in [3.05, 3.63) is 58.9 Å². The minimum Gasteiger partial charge on any atom is -0.493 e. The van der Waals surface area contributed by atoms with Crippen LogP contribution in [0.25, 0.3) is 11.5 Å². The van der Waals surface area contributed by atoms with Crippen molar-refractivity contribution >= 4 is 27.4 Å². The molecule has 170 valence electrons. The smallest absolute Gasteiger partial charge is 0.268 e. The predicted molar refractivity (Wildman–Crippen MR) is 122 cm³/mol. The Labute approximate surface area is 192 Å². The molecule has 0 unspecified atom stereocenters. The van der Waals surface area contributed by atoms with Crippen molar-refractivity contribution in [3.63, 3.8) is 0 Å². The number of methoxy groups -OCH3 is 1. The molecule has 0 bridgehead atoms. The molecule has 0 radical (unpaired) electrons. The zero-order chi connectivity index (χ0) is 22.9. The summed E-state index contributed by atoms with van der Waals surface area (Å²) < 4.78 is 38.8. The maximum atomic E-state index is 13.3. The molecule has 32 heavy (non-hydrogen) atoms. The van der Waals surface area contributed by atoms with Crippen LogP contribution < -0.4 is 4.74 Å². The maximum Gasteiger partial charge on any atom is 0.268 e. The first-order chi connectivity index (χ1) is 15.3. The number of carbonyl (C=O) groups excluding carboxylic acids is 1. The number of benzene rings is 1. The number of Topliss-reactive ketones (excluding diaryl/α,β-unsaturated/α-hetero) is 1. The number of furan rings is 1. The summed E-state index contributed by atoms with van der Waals surface area (Å²) in [6, 6.07) is 9.52. The van der Waals surface area contributed by atoms with Crippen LogP contribution in [0.1, 0.15) is 35.4 Å². The molecule has 0 amide bonds. The van der Waals surface area contributed by atoms with Gasteiger partial charge in [0.2, 0.25) is 11.5 Å². The summed E-state index contributed by atoms with van der Waals surface area (Å²) in [5.74, 6) is 0.239. The van der Waals surface area contributed by atoms with Crippen molar-refractivity contribution in [2.24, 2.45) is 0 Å². The Bertz CT molecular complexity index is 1220. The largest absolute Gasteiger partial charge is 0.493 e. The van der Waals surface area contributed by atoms with Gasteiger partial charge in [0.15, 0.2) is 11.5 Å². The molecule has 3 aromatic rings. The highest BCUT2D eigenvalue weighted by Gasteiger charge is 2.28. The molecule has 0 spiro atoms. The summed E-state index contributed by atoms with van der Waals surface area (Å²) in [4.78, 5) is 15.1. The van der Waals surface area contributed by atoms with E-state index in [-0.39, 0.29) is 45.2 Å². The summed E-state index contributed by atoms with van der Waals surface area (Å²) in [6.07, 6.45) is 4.67. The van der Waals surface area contributed by atoms with E-state index in [4.69, 9.17) is 20.8 Å². The SMILES string of the molecule is COc1cc(-c2c(Cl)ccn2S(=O)(=O)c2ccc(C)cc2)oc1C(=O)CN1CCCCC1. The van der Waals surface area contributed by atoms with Crippen molar-refractivity contribution in [3.8, 4) is 17.2 Å². The minimum atomic E-state index is -3.93. The van der Waals surface area contributed by atoms with E-state index in [1.807, 2.05) is 6.92 Å². The fraction of sp³-hybridized carbons (Fsp3) is 0.348. The number of hydrogen-bond acceptors (Lipinski definition) is 6. The Morgan fingerprint density at radius 1 is 1.12 bits per heavy atom. The summed E-state index contributed by atoms with van der Waals surface area (Å²) in [7, 11) is -2.49. The number of aryl methyl sites for hydroxylation is 1. The van der Waals surface area contributed by atoms with Crippen LogP contribution in [-0.2, 0) is 10.0 Å². The van der Waals surface area contributed by atoms with Crippen LogP contribution in [0.5, 0.6) is 5.75 Å². The molecule has 4 rings (SSSR count). The molecule has 0 saturated carbocycles. The molecule has 9 heteroatoms. The summed E-state index contributed by atoms with van der Waals surface area (Å²) in [5.41, 5.74) is 1.09. The van der Waals surface area contributed by atoms with E-state index in [1.165, 1.54) is 31.9 Å². The normalized spacial score (nSPS) is 15.1. The molecule has 1 aliphatic heterocycles. The molecule has 1 aromatic carbocycles. The summed E-state index contributed by atoms with van der Waals surface area (Å²) in [5, 5.41) is 0.187. The quantitative estimate of drug-likeness (QED) is 0.462. The lowest BCUT2D eigenvalue weighted by Gasteiger charge is -2.25. The lowest BCUT2D eigenvalue weighted by Crippen LogP contribution is -2.34. The highest BCUT2D eigenvalue weighted by atomic mass is 35.5. The number of likely N-dealkylation sites (tertiary alicyclic amines) is 1. The lowest BCUT2D eigenvalue weighted by atomic mass is 10.1. The number of hydrogen-bond donors (Lipinski definition) is 0. The number of halogens is 1. The Kier molecular flexibility index (Phi) is 6.46. The monoisotopic (exact) mass is 476 g/mol. The second kappa shape index (κ2) is 9.13. The van der Waals surface area contributed by atoms with Crippen molar-refractivity contribution in [1.29, 1.82) is 0 Å². The average molecular weight is 477 g/mol. The first-order valence-corrected chi connectivity index (χ1v) is 12.3. The molecular formula is C23H25ClN2O5S. The minimum absolute atomic E-state index is 0.0598. The van der Waals surface area contributed by atoms with Gasteiger partial charge in [-0.25, -0.2) is 12.4 Å². The number of carbonyl (C=O) groups is 1. The van der Waals surface area contributed by atoms with Crippen molar-refractivity contribution in [1.82, 2.24) is 8.87 Å². The first-order valence-electron chi connectivity index (χ1n) is 10.4. The fourth-order valence-corrected chi connectivity index (χ4v) is 5.52. The van der Waals surface area contributed by atoms with E-state index in [9.17, 15) is 13.2 Å². The van der Waals surface area contributed by atoms with Gasteiger partial charge in [0.1, 0.15) is 5.69 Å². The second-order valence-electron chi connectivity index (χ2n) is 7.89. The number of rotatable bonds is 7. The molecule has 2 aromatic heterocycles. The Hall–Kier alpha value is -2.55. The number of piperidine rings is 1. The zero-order valence-corrected chi connectivity index (χ0v) is 19.6. The molecule has 1 saturated heterocycles. The molecule has 1 fully saturated rings. The van der Waals surface area contributed by atoms with Crippen molar-refractivity contribution in [2.75, 3.05) is 26.7 Å². The van der Waals surface area contributed by atoms with Crippen LogP contribution in [0.4, 0.5) is 0 Å². The van der Waals surface area contributed by atoms with Crippen LogP contribution in [0.2, 0.25) is 5.02 Å². The van der Waals surface area contributed by atoms with Crippen LogP contribution in [0.15, 0.2) is 51.9 Å². The Balaban J connectivity index is 1.71. The number of ketones is 1. The summed E-state index contributed by atoms with van der Waals surface area (Å²) >= 11 is 6.36. The van der Waals surface area contributed by atoms with Crippen LogP contribution in [0.3, 0.4) is 0 Å². The fourth-order valence-electron chi connectivity index (χ4n) is 3.87. The standard InChI is InChI=1S/C23H25ClN2O5S/c1-16-6-8-17(9-7-16)32(28,29)26-13-10-18(24)22(26)20-14-21(30-2)23(31-20)19(27)15-25-11-4-3-5-12-25/h6-10,13-14H,3-5,11-12,15H2,1-2H3. The highest BCUT2D eigenvalue weighted by molar-refractivity contribution is 7.90. The second-order valence-corrected chi connectivity index (χ2v) is 10.1. The van der Waals surface area contributed by atoms with Gasteiger partial charge < -0.3 is 9.15 Å². The topological polar surface area (TPSA) is 81.7 Å². The van der Waals surface area contributed by atoms with Gasteiger partial charge in [0.05, 0.1) is 23.6 Å². The van der Waals surface area contributed by atoms with Gasteiger partial charge in [-0.2, -0.15) is 0 Å². The average Bonchev–Trinajstić information content (AvgIpc) is 3.38. The van der Waals surface area contributed by atoms with E-state index in [2.05, 4.69) is 4.90 Å². The van der Waals surface area contributed by atoms with Gasteiger partial charge in [0.25, 0.3) is 10.0 Å². The number of nitrogens with zero attached hydrogens (tertiary/aromatic N) is 2. The summed E-state index contributed by atoms with van der Waals surface area (Å²) in [6.45, 7) is 3.84. The van der Waals surface area contributed by atoms with Crippen LogP contribution in [0, 0.1) is 6.92 Å². The molecule has 0 aliphatic carbocycles. The van der Waals surface area contributed by atoms with Gasteiger partial charge in [-0.1, -0.05) is 35.7 Å². The van der Waals surface area contributed by atoms with E-state index < -0.39 is 10.0 Å². The van der Waals surface area contributed by atoms with Gasteiger partial charge in [-0.3, -0.25) is 9.69 Å².